The molecule has 5 rings (SSSR count). The van der Waals surface area contributed by atoms with Gasteiger partial charge in [0, 0.05) is 30.6 Å². The summed E-state index contributed by atoms with van der Waals surface area (Å²) in [5.74, 6) is -0.0780. The Labute approximate surface area is 259 Å². The summed E-state index contributed by atoms with van der Waals surface area (Å²) < 4.78 is 52.2. The Morgan fingerprint density at radius 1 is 1.19 bits per heavy atom. The van der Waals surface area contributed by atoms with E-state index in [0.29, 0.717) is 27.8 Å². The van der Waals surface area contributed by atoms with E-state index >= 15 is 0 Å². The normalized spacial score (nSPS) is 21.8. The largest absolute Gasteiger partial charge is 0.449 e. The molecular formula is C30H38BrN3O8S. The minimum Gasteiger partial charge on any atom is -0.449 e. The van der Waals surface area contributed by atoms with Gasteiger partial charge in [-0.15, -0.1) is 0 Å². The third-order valence-electron chi connectivity index (χ3n) is 7.82. The van der Waals surface area contributed by atoms with E-state index in [-0.39, 0.29) is 55.7 Å². The number of furan rings is 1. The first kappa shape index (κ1) is 31.9. The number of nitrogens with two attached hydrogens (primary N) is 1. The average molecular weight is 681 g/mol. The molecule has 0 aliphatic carbocycles. The van der Waals surface area contributed by atoms with Crippen LogP contribution in [-0.4, -0.2) is 74.8 Å². The van der Waals surface area contributed by atoms with Gasteiger partial charge >= 0.3 is 6.09 Å². The Morgan fingerprint density at radius 3 is 2.67 bits per heavy atom. The highest BCUT2D eigenvalue weighted by Crippen LogP contribution is 2.34. The smallest absolute Gasteiger partial charge is 0.407 e. The maximum absolute atomic E-state index is 14.0. The lowest BCUT2D eigenvalue weighted by atomic mass is 10.0. The first-order chi connectivity index (χ1) is 20.6. The van der Waals surface area contributed by atoms with Crippen LogP contribution < -0.4 is 11.1 Å². The third kappa shape index (κ3) is 7.25. The second-order valence-corrected chi connectivity index (χ2v) is 14.1. The fourth-order valence-electron chi connectivity index (χ4n) is 5.63. The van der Waals surface area contributed by atoms with Crippen LogP contribution in [0.25, 0.3) is 11.0 Å². The Balaban J connectivity index is 1.37. The highest BCUT2D eigenvalue weighted by atomic mass is 79.9. The molecule has 1 aromatic heterocycles. The van der Waals surface area contributed by atoms with Crippen LogP contribution in [0.15, 0.2) is 62.5 Å². The van der Waals surface area contributed by atoms with Gasteiger partial charge in [0.05, 0.1) is 36.2 Å². The highest BCUT2D eigenvalue weighted by molar-refractivity contribution is 9.10. The third-order valence-corrected chi connectivity index (χ3v) is 10.3. The van der Waals surface area contributed by atoms with Crippen LogP contribution in [0.1, 0.15) is 31.4 Å². The fourth-order valence-corrected chi connectivity index (χ4v) is 7.83. The lowest BCUT2D eigenvalue weighted by Crippen LogP contribution is -2.51. The van der Waals surface area contributed by atoms with E-state index in [9.17, 15) is 18.3 Å². The van der Waals surface area contributed by atoms with Crippen molar-refractivity contribution >= 4 is 43.0 Å². The van der Waals surface area contributed by atoms with Crippen LogP contribution in [0.5, 0.6) is 0 Å². The minimum atomic E-state index is -4.06. The summed E-state index contributed by atoms with van der Waals surface area (Å²) >= 11 is 3.34. The molecule has 3 heterocycles. The molecule has 13 heteroatoms. The lowest BCUT2D eigenvalue weighted by molar-refractivity contribution is -0.0907. The van der Waals surface area contributed by atoms with Gasteiger partial charge in [-0.25, -0.2) is 13.2 Å². The number of hydrogen-bond acceptors (Lipinski definition) is 9. The van der Waals surface area contributed by atoms with Gasteiger partial charge in [-0.05, 0) is 58.5 Å². The molecule has 2 aliphatic heterocycles. The molecular weight excluding hydrogens is 642 g/mol. The number of nitrogens with one attached hydrogen (secondary N) is 1. The number of halogens is 1. The van der Waals surface area contributed by atoms with E-state index < -0.39 is 34.4 Å². The predicted octanol–water partition coefficient (Wildman–Crippen LogP) is 3.76. The summed E-state index contributed by atoms with van der Waals surface area (Å²) in [5.41, 5.74) is 7.92. The van der Waals surface area contributed by atoms with Crippen molar-refractivity contribution in [1.29, 1.82) is 0 Å². The Hall–Kier alpha value is -2.52. The number of carbonyl (C=O) groups is 1. The zero-order valence-corrected chi connectivity index (χ0v) is 26.6. The number of aliphatic hydroxyl groups is 1. The first-order valence-electron chi connectivity index (χ1n) is 14.4. The summed E-state index contributed by atoms with van der Waals surface area (Å²) in [6.45, 7) is 4.65. The minimum absolute atomic E-state index is 0.0390. The van der Waals surface area contributed by atoms with E-state index in [1.54, 1.807) is 12.1 Å². The van der Waals surface area contributed by atoms with Gasteiger partial charge in [0.1, 0.15) is 11.7 Å². The zero-order valence-electron chi connectivity index (χ0n) is 24.1. The molecule has 2 aromatic carbocycles. The van der Waals surface area contributed by atoms with Crippen LogP contribution in [0.3, 0.4) is 0 Å². The maximum atomic E-state index is 14.0. The molecule has 0 saturated carbocycles. The summed E-state index contributed by atoms with van der Waals surface area (Å²) in [7, 11) is -4.06. The molecule has 5 unspecified atom stereocenters. The number of ether oxygens (including phenoxy) is 3. The quantitative estimate of drug-likeness (QED) is 0.260. The number of carbonyl (C=O) groups excluding carboxylic acids is 1. The molecule has 2 aliphatic rings. The maximum Gasteiger partial charge on any atom is 0.407 e. The van der Waals surface area contributed by atoms with Crippen molar-refractivity contribution < 1.29 is 36.9 Å². The molecule has 0 radical (unpaired) electrons. The molecule has 234 valence electrons. The summed E-state index contributed by atoms with van der Waals surface area (Å²) in [5, 5.41) is 14.9. The van der Waals surface area contributed by atoms with Crippen molar-refractivity contribution in [2.75, 3.05) is 26.3 Å². The van der Waals surface area contributed by atoms with Crippen molar-refractivity contribution in [1.82, 2.24) is 9.62 Å². The van der Waals surface area contributed by atoms with Gasteiger partial charge < -0.3 is 34.8 Å². The van der Waals surface area contributed by atoms with E-state index in [4.69, 9.17) is 24.4 Å². The molecule has 2 saturated heterocycles. The van der Waals surface area contributed by atoms with Crippen LogP contribution in [0, 0.1) is 11.8 Å². The molecule has 4 N–H and O–H groups in total. The highest BCUT2D eigenvalue weighted by Gasteiger charge is 2.44. The number of hydrogen-bond donors (Lipinski definition) is 3. The number of benzene rings is 2. The Kier molecular flexibility index (Phi) is 10.1. The van der Waals surface area contributed by atoms with E-state index in [0.717, 1.165) is 12.0 Å². The van der Waals surface area contributed by atoms with Gasteiger partial charge in [0.25, 0.3) is 0 Å². The number of nitrogens with zero attached hydrogens (tertiary/aromatic N) is 1. The van der Waals surface area contributed by atoms with Gasteiger partial charge in [0.2, 0.25) is 10.0 Å². The Bertz CT molecular complexity index is 1520. The monoisotopic (exact) mass is 679 g/mol. The van der Waals surface area contributed by atoms with Gasteiger partial charge in [-0.1, -0.05) is 44.2 Å². The number of aliphatic hydroxyl groups excluding tert-OH is 1. The average Bonchev–Trinajstić information content (AvgIpc) is 3.67. The predicted molar refractivity (Wildman–Crippen MR) is 163 cm³/mol. The van der Waals surface area contributed by atoms with Crippen molar-refractivity contribution in [2.45, 2.75) is 62.7 Å². The van der Waals surface area contributed by atoms with Crippen molar-refractivity contribution in [3.05, 3.63) is 64.3 Å². The molecule has 5 atom stereocenters. The Morgan fingerprint density at radius 2 is 1.95 bits per heavy atom. The number of rotatable bonds is 12. The number of amides is 1. The van der Waals surface area contributed by atoms with Gasteiger partial charge in [0.15, 0.2) is 11.0 Å². The number of sulfonamides is 1. The second kappa shape index (κ2) is 13.6. The van der Waals surface area contributed by atoms with Crippen LogP contribution in [0.2, 0.25) is 0 Å². The van der Waals surface area contributed by atoms with E-state index in [2.05, 4.69) is 21.2 Å². The van der Waals surface area contributed by atoms with Crippen LogP contribution in [0.4, 0.5) is 4.79 Å². The van der Waals surface area contributed by atoms with E-state index in [1.165, 1.54) is 10.4 Å². The second-order valence-electron chi connectivity index (χ2n) is 11.4. The summed E-state index contributed by atoms with van der Waals surface area (Å²) in [4.78, 5) is 13.1. The molecule has 1 amide bonds. The van der Waals surface area contributed by atoms with E-state index in [1.807, 2.05) is 44.2 Å². The van der Waals surface area contributed by atoms with Crippen LogP contribution in [-0.2, 0) is 37.2 Å². The number of fused-ring (bicyclic) bond motifs is 2. The summed E-state index contributed by atoms with van der Waals surface area (Å²) in [6.07, 6.45) is -1.80. The first-order valence-corrected chi connectivity index (χ1v) is 16.6. The standard InChI is InChI=1S/C30H38BrN3O8S/c1-18(2)15-34(43(37,38)20-8-9-26-22(13-20)23(14-32)28(31)41-26)16-25(35)24(12-19-6-4-3-5-7-19)33-30(36)42-27-17-40-29-21(27)10-11-39-29/h3-9,13,18,21,24-25,27,29,35H,10-12,14-17,32H2,1-2H3,(H,33,36). The SMILES string of the molecule is CC(C)CN(CC(O)C(Cc1ccccc1)NC(=O)OC1COC2OCCC12)S(=O)(=O)c1ccc2oc(Br)c(CN)c2c1. The zero-order chi connectivity index (χ0) is 30.7. The molecule has 11 nitrogen and oxygen atoms in total. The molecule has 0 bridgehead atoms. The molecule has 3 aromatic rings. The van der Waals surface area contributed by atoms with Crippen molar-refractivity contribution in [3.63, 3.8) is 0 Å². The molecule has 0 spiro atoms. The topological polar surface area (TPSA) is 154 Å². The van der Waals surface area contributed by atoms with Crippen molar-refractivity contribution in [2.24, 2.45) is 17.6 Å². The van der Waals surface area contributed by atoms with Crippen LogP contribution >= 0.6 is 15.9 Å². The fraction of sp³-hybridized carbons (Fsp3) is 0.500. The molecule has 2 fully saturated rings. The molecule has 43 heavy (non-hydrogen) atoms. The summed E-state index contributed by atoms with van der Waals surface area (Å²) in [6, 6.07) is 13.1. The van der Waals surface area contributed by atoms with Crippen molar-refractivity contribution in [3.8, 4) is 0 Å². The number of alkyl carbamates (subject to hydrolysis) is 1. The van der Waals surface area contributed by atoms with Gasteiger partial charge in [-0.3, -0.25) is 0 Å². The van der Waals surface area contributed by atoms with Gasteiger partial charge in [-0.2, -0.15) is 4.31 Å². The lowest BCUT2D eigenvalue weighted by Gasteiger charge is -2.31.